The smallest absolute Gasteiger partial charge is 0.243 e. The van der Waals surface area contributed by atoms with Gasteiger partial charge >= 0.3 is 0 Å². The van der Waals surface area contributed by atoms with Gasteiger partial charge in [0.2, 0.25) is 11.8 Å². The SMILES string of the molecule is CC(C)CC1C(CC(=O)NO)CCCOC2=CCC(C=C2)CC(C(=O)NCCN)NC1O. The molecule has 3 rings (SSSR count). The maximum atomic E-state index is 12.8. The van der Waals surface area contributed by atoms with E-state index in [4.69, 9.17) is 15.7 Å². The zero-order chi connectivity index (χ0) is 23.5. The van der Waals surface area contributed by atoms with Gasteiger partial charge in [0.15, 0.2) is 0 Å². The Morgan fingerprint density at radius 1 is 1.38 bits per heavy atom. The molecule has 0 aromatic rings. The number of nitrogens with two attached hydrogens (primary N) is 1. The lowest BCUT2D eigenvalue weighted by Gasteiger charge is -2.35. The van der Waals surface area contributed by atoms with E-state index in [0.717, 1.165) is 12.2 Å². The minimum absolute atomic E-state index is 0.0852. The van der Waals surface area contributed by atoms with Gasteiger partial charge in [0, 0.05) is 25.4 Å². The van der Waals surface area contributed by atoms with E-state index in [0.29, 0.717) is 45.4 Å². The quantitative estimate of drug-likeness (QED) is 0.251. The third-order valence-corrected chi connectivity index (χ3v) is 6.14. The molecule has 0 spiro atoms. The summed E-state index contributed by atoms with van der Waals surface area (Å²) >= 11 is 0. The Morgan fingerprint density at radius 3 is 2.78 bits per heavy atom. The van der Waals surface area contributed by atoms with Crippen LogP contribution in [0, 0.1) is 23.7 Å². The normalized spacial score (nSPS) is 29.1. The summed E-state index contributed by atoms with van der Waals surface area (Å²) in [5.74, 6) is 0.0887. The molecule has 2 bridgehead atoms. The van der Waals surface area contributed by atoms with Gasteiger partial charge in [-0.3, -0.25) is 20.1 Å². The molecule has 32 heavy (non-hydrogen) atoms. The molecule has 0 aromatic heterocycles. The van der Waals surface area contributed by atoms with Gasteiger partial charge in [0.25, 0.3) is 0 Å². The van der Waals surface area contributed by atoms with Gasteiger partial charge < -0.3 is 20.9 Å². The van der Waals surface area contributed by atoms with Crippen LogP contribution in [0.5, 0.6) is 0 Å². The second kappa shape index (κ2) is 13.6. The highest BCUT2D eigenvalue weighted by Gasteiger charge is 2.34. The van der Waals surface area contributed by atoms with Gasteiger partial charge in [-0.05, 0) is 62.0 Å². The highest BCUT2D eigenvalue weighted by molar-refractivity contribution is 5.81. The lowest BCUT2D eigenvalue weighted by atomic mass is 9.79. The zero-order valence-electron chi connectivity index (χ0n) is 19.3. The molecular weight excluding hydrogens is 412 g/mol. The number of carbonyl (C=O) groups is 2. The average Bonchev–Trinajstić information content (AvgIpc) is 2.77. The Morgan fingerprint density at radius 2 is 2.16 bits per heavy atom. The van der Waals surface area contributed by atoms with E-state index in [1.807, 2.05) is 12.2 Å². The van der Waals surface area contributed by atoms with Crippen LogP contribution in [-0.4, -0.2) is 54.1 Å². The van der Waals surface area contributed by atoms with Gasteiger partial charge in [0.05, 0.1) is 12.6 Å². The molecule has 0 saturated carbocycles. The van der Waals surface area contributed by atoms with Crippen LogP contribution in [0.3, 0.4) is 0 Å². The van der Waals surface area contributed by atoms with Crippen molar-refractivity contribution in [2.24, 2.45) is 29.4 Å². The fourth-order valence-corrected chi connectivity index (χ4v) is 4.54. The van der Waals surface area contributed by atoms with E-state index in [-0.39, 0.29) is 36.0 Å². The van der Waals surface area contributed by atoms with Crippen LogP contribution in [0.1, 0.15) is 52.4 Å². The molecule has 7 N–H and O–H groups in total. The minimum Gasteiger partial charge on any atom is -0.494 e. The number of hydrogen-bond donors (Lipinski definition) is 6. The van der Waals surface area contributed by atoms with Crippen LogP contribution < -0.4 is 21.8 Å². The number of ether oxygens (including phenoxy) is 1. The second-order valence-corrected chi connectivity index (χ2v) is 9.22. The number of aliphatic hydroxyl groups excluding tert-OH is 1. The highest BCUT2D eigenvalue weighted by atomic mass is 16.5. The Balaban J connectivity index is 2.30. The fraction of sp³-hybridized carbons (Fsp3) is 0.739. The summed E-state index contributed by atoms with van der Waals surface area (Å²) in [6, 6.07) is -0.605. The predicted octanol–water partition coefficient (Wildman–Crippen LogP) is 1.17. The second-order valence-electron chi connectivity index (χ2n) is 9.22. The summed E-state index contributed by atoms with van der Waals surface area (Å²) in [7, 11) is 0. The molecule has 2 aliphatic heterocycles. The summed E-state index contributed by atoms with van der Waals surface area (Å²) in [5.41, 5.74) is 7.26. The van der Waals surface area contributed by atoms with Crippen molar-refractivity contribution in [3.8, 4) is 0 Å². The van der Waals surface area contributed by atoms with Gasteiger partial charge in [-0.25, -0.2) is 5.48 Å². The molecule has 2 amide bonds. The Kier molecular flexibility index (Phi) is 11.2. The summed E-state index contributed by atoms with van der Waals surface area (Å²) in [5, 5.41) is 26.3. The van der Waals surface area contributed by atoms with Gasteiger partial charge in [-0.2, -0.15) is 0 Å². The third kappa shape index (κ3) is 8.54. The summed E-state index contributed by atoms with van der Waals surface area (Å²) in [6.45, 7) is 5.33. The molecule has 1 aliphatic carbocycles. The van der Waals surface area contributed by atoms with Gasteiger partial charge in [-0.15, -0.1) is 0 Å². The molecule has 0 saturated heterocycles. The van der Waals surface area contributed by atoms with Crippen LogP contribution in [0.4, 0.5) is 0 Å². The number of rotatable bonds is 7. The van der Waals surface area contributed by atoms with Crippen molar-refractivity contribution in [3.63, 3.8) is 0 Å². The van der Waals surface area contributed by atoms with Crippen LogP contribution in [-0.2, 0) is 14.3 Å². The fourth-order valence-electron chi connectivity index (χ4n) is 4.54. The van der Waals surface area contributed by atoms with E-state index in [9.17, 15) is 14.7 Å². The van der Waals surface area contributed by atoms with Crippen LogP contribution in [0.25, 0.3) is 0 Å². The van der Waals surface area contributed by atoms with Crippen LogP contribution >= 0.6 is 0 Å². The van der Waals surface area contributed by atoms with E-state index >= 15 is 0 Å². The minimum atomic E-state index is -0.981. The van der Waals surface area contributed by atoms with E-state index < -0.39 is 18.2 Å². The number of carbonyl (C=O) groups excluding carboxylic acids is 2. The molecule has 5 atom stereocenters. The van der Waals surface area contributed by atoms with Crippen molar-refractivity contribution in [3.05, 3.63) is 24.0 Å². The molecular formula is C23H40N4O5. The molecule has 3 aliphatic rings. The first-order valence-corrected chi connectivity index (χ1v) is 11.7. The Labute approximate surface area is 190 Å². The molecule has 0 aromatic carbocycles. The Hall–Kier alpha value is -1.94. The van der Waals surface area contributed by atoms with Crippen LogP contribution in [0.2, 0.25) is 0 Å². The maximum absolute atomic E-state index is 12.8. The molecule has 2 heterocycles. The number of fused-ring (bicyclic) bond motifs is 10. The Bertz CT molecular complexity index is 667. The standard InChI is InChI=1S/C23H40N4O5/c1-15(2)12-19-17(14-21(28)27-31)4-3-11-32-18-7-5-16(6-8-18)13-20(26-22(19)29)23(30)25-10-9-24/h5,7-8,15-17,19-20,22,26,29,31H,3-4,6,9-14,24H2,1-2H3,(H,25,30)(H,27,28). The topological polar surface area (TPSA) is 146 Å². The number of aliphatic hydroxyl groups is 1. The largest absolute Gasteiger partial charge is 0.494 e. The van der Waals surface area contributed by atoms with Crippen molar-refractivity contribution < 1.29 is 24.6 Å². The van der Waals surface area contributed by atoms with Crippen molar-refractivity contribution in [2.75, 3.05) is 19.7 Å². The first kappa shape index (κ1) is 26.3. The average molecular weight is 453 g/mol. The van der Waals surface area contributed by atoms with Crippen molar-refractivity contribution in [1.82, 2.24) is 16.1 Å². The molecule has 182 valence electrons. The van der Waals surface area contributed by atoms with Crippen molar-refractivity contribution in [1.29, 1.82) is 0 Å². The number of hydroxylamine groups is 1. The van der Waals surface area contributed by atoms with E-state index in [2.05, 4.69) is 30.6 Å². The van der Waals surface area contributed by atoms with Gasteiger partial charge in [0.1, 0.15) is 12.0 Å². The lowest BCUT2D eigenvalue weighted by molar-refractivity contribution is -0.132. The summed E-state index contributed by atoms with van der Waals surface area (Å²) < 4.78 is 5.88. The number of amides is 2. The molecule has 9 heteroatoms. The lowest BCUT2D eigenvalue weighted by Crippen LogP contribution is -2.53. The van der Waals surface area contributed by atoms with Crippen molar-refractivity contribution in [2.45, 2.75) is 64.6 Å². The summed E-state index contributed by atoms with van der Waals surface area (Å²) in [6.07, 6.45) is 8.42. The maximum Gasteiger partial charge on any atom is 0.243 e. The highest BCUT2D eigenvalue weighted by Crippen LogP contribution is 2.31. The van der Waals surface area contributed by atoms with Crippen molar-refractivity contribution >= 4 is 11.8 Å². The molecule has 0 fully saturated rings. The number of allylic oxidation sites excluding steroid dienone is 3. The first-order chi connectivity index (χ1) is 15.3. The number of nitrogens with one attached hydrogen (secondary N) is 3. The predicted molar refractivity (Wildman–Crippen MR) is 121 cm³/mol. The molecule has 5 unspecified atom stereocenters. The molecule has 9 nitrogen and oxygen atoms in total. The zero-order valence-corrected chi connectivity index (χ0v) is 19.3. The van der Waals surface area contributed by atoms with Crippen LogP contribution in [0.15, 0.2) is 24.0 Å². The molecule has 0 radical (unpaired) electrons. The summed E-state index contributed by atoms with van der Waals surface area (Å²) in [4.78, 5) is 24.8. The monoisotopic (exact) mass is 452 g/mol. The first-order valence-electron chi connectivity index (χ1n) is 11.7. The van der Waals surface area contributed by atoms with E-state index in [1.165, 1.54) is 0 Å². The number of hydrogen-bond acceptors (Lipinski definition) is 7. The van der Waals surface area contributed by atoms with E-state index in [1.54, 1.807) is 5.48 Å². The van der Waals surface area contributed by atoms with Gasteiger partial charge in [-0.1, -0.05) is 19.9 Å². The third-order valence-electron chi connectivity index (χ3n) is 6.14.